The zero-order valence-electron chi connectivity index (χ0n) is 7.05. The average Bonchev–Trinajstić information content (AvgIpc) is 2.17. The van der Waals surface area contributed by atoms with Gasteiger partial charge in [0, 0.05) is 24.7 Å². The van der Waals surface area contributed by atoms with E-state index in [4.69, 9.17) is 17.7 Å². The Kier molecular flexibility index (Phi) is 2.83. The van der Waals surface area contributed by atoms with E-state index >= 15 is 0 Å². The first kappa shape index (κ1) is 7.13. The van der Waals surface area contributed by atoms with Crippen LogP contribution < -0.4 is 0 Å². The Morgan fingerprint density at radius 2 is 2.27 bits per heavy atom. The van der Waals surface area contributed by atoms with Gasteiger partial charge in [-0.25, -0.2) is 0 Å². The van der Waals surface area contributed by atoms with Crippen LogP contribution in [0.1, 0.15) is 1.37 Å². The summed E-state index contributed by atoms with van der Waals surface area (Å²) in [7, 11) is 0. The van der Waals surface area contributed by atoms with Crippen molar-refractivity contribution < 1.29 is 10.9 Å². The molecule has 0 N–H and O–H groups in total. The van der Waals surface area contributed by atoms with Crippen LogP contribution in [-0.4, -0.2) is 37.1 Å². The molecule has 0 aromatic carbocycles. The molecule has 1 fully saturated rings. The van der Waals surface area contributed by atoms with E-state index in [1.807, 2.05) is 0 Å². The standard InChI is InChI=1S/C7H10ClNO2/c8-2-1-7(10)9-3-5-11-6-4-9/h1-2H,3-6H2/b2-1+/i1D. The Morgan fingerprint density at radius 3 is 2.82 bits per heavy atom. The Bertz CT molecular complexity index is 202. The summed E-state index contributed by atoms with van der Waals surface area (Å²) in [5.74, 6) is -0.326. The fourth-order valence-corrected chi connectivity index (χ4v) is 0.998. The molecule has 62 valence electrons. The van der Waals surface area contributed by atoms with Gasteiger partial charge in [0.05, 0.1) is 14.6 Å². The van der Waals surface area contributed by atoms with Crippen molar-refractivity contribution in [3.05, 3.63) is 11.6 Å². The van der Waals surface area contributed by atoms with Crippen molar-refractivity contribution in [1.82, 2.24) is 4.90 Å². The molecule has 1 heterocycles. The SMILES string of the molecule is [2H]/C(=C\Cl)C(=O)N1CCOCC1. The maximum Gasteiger partial charge on any atom is 0.247 e. The van der Waals surface area contributed by atoms with Crippen molar-refractivity contribution in [2.75, 3.05) is 26.3 Å². The lowest BCUT2D eigenvalue weighted by molar-refractivity contribution is -0.129. The number of rotatable bonds is 1. The zero-order chi connectivity index (χ0) is 8.97. The molecule has 1 aliphatic rings. The number of nitrogens with zero attached hydrogens (tertiary/aromatic N) is 1. The normalized spacial score (nSPS) is 21.4. The molecule has 1 amide bonds. The van der Waals surface area contributed by atoms with Gasteiger partial charge in [-0.3, -0.25) is 4.79 Å². The lowest BCUT2D eigenvalue weighted by atomic mass is 10.4. The second-order valence-corrected chi connectivity index (χ2v) is 2.38. The molecule has 0 saturated carbocycles. The lowest BCUT2D eigenvalue weighted by Crippen LogP contribution is -2.39. The van der Waals surface area contributed by atoms with E-state index in [2.05, 4.69) is 0 Å². The van der Waals surface area contributed by atoms with Gasteiger partial charge in [-0.05, 0) is 0 Å². The van der Waals surface area contributed by atoms with Gasteiger partial charge in [-0.1, -0.05) is 11.6 Å². The van der Waals surface area contributed by atoms with Crippen LogP contribution in [0.3, 0.4) is 0 Å². The van der Waals surface area contributed by atoms with E-state index in [1.165, 1.54) is 0 Å². The van der Waals surface area contributed by atoms with Gasteiger partial charge in [-0.15, -0.1) is 0 Å². The minimum Gasteiger partial charge on any atom is -0.378 e. The van der Waals surface area contributed by atoms with Crippen molar-refractivity contribution in [3.63, 3.8) is 0 Å². The molecule has 0 spiro atoms. The molecule has 0 aromatic rings. The summed E-state index contributed by atoms with van der Waals surface area (Å²) in [5, 5.41) is 0. The van der Waals surface area contributed by atoms with Crippen LogP contribution >= 0.6 is 11.6 Å². The predicted octanol–water partition coefficient (Wildman–Crippen LogP) is 0.598. The maximum absolute atomic E-state index is 11.3. The summed E-state index contributed by atoms with van der Waals surface area (Å²) in [5.41, 5.74) is 0.984. The van der Waals surface area contributed by atoms with Gasteiger partial charge in [0.2, 0.25) is 5.91 Å². The quantitative estimate of drug-likeness (QED) is 0.548. The topological polar surface area (TPSA) is 29.5 Å². The Balaban J connectivity index is 2.51. The molecular formula is C7H10ClNO2. The number of amides is 1. The van der Waals surface area contributed by atoms with Crippen LogP contribution in [0.2, 0.25) is 0 Å². The van der Waals surface area contributed by atoms with Gasteiger partial charge in [-0.2, -0.15) is 0 Å². The minimum absolute atomic E-state index is 0.168. The number of hydrogen-bond acceptors (Lipinski definition) is 2. The maximum atomic E-state index is 11.3. The summed E-state index contributed by atoms with van der Waals surface area (Å²) in [4.78, 5) is 12.8. The monoisotopic (exact) mass is 176 g/mol. The number of halogens is 1. The minimum atomic E-state index is -0.326. The molecule has 1 saturated heterocycles. The highest BCUT2D eigenvalue weighted by atomic mass is 35.5. The predicted molar refractivity (Wildman–Crippen MR) is 42.4 cm³/mol. The van der Waals surface area contributed by atoms with Crippen molar-refractivity contribution in [2.45, 2.75) is 0 Å². The largest absolute Gasteiger partial charge is 0.378 e. The van der Waals surface area contributed by atoms with Gasteiger partial charge >= 0.3 is 0 Å². The highest BCUT2D eigenvalue weighted by Gasteiger charge is 2.13. The van der Waals surface area contributed by atoms with Crippen molar-refractivity contribution in [3.8, 4) is 0 Å². The smallest absolute Gasteiger partial charge is 0.247 e. The van der Waals surface area contributed by atoms with Crippen LogP contribution in [0.25, 0.3) is 0 Å². The van der Waals surface area contributed by atoms with Crippen LogP contribution in [0.5, 0.6) is 0 Å². The summed E-state index contributed by atoms with van der Waals surface area (Å²) >= 11 is 5.24. The Hall–Kier alpha value is -0.540. The van der Waals surface area contributed by atoms with Gasteiger partial charge in [0.25, 0.3) is 0 Å². The van der Waals surface area contributed by atoms with E-state index in [9.17, 15) is 4.79 Å². The first-order valence-corrected chi connectivity index (χ1v) is 3.83. The molecule has 11 heavy (non-hydrogen) atoms. The molecule has 4 heteroatoms. The van der Waals surface area contributed by atoms with Crippen LogP contribution in [-0.2, 0) is 9.53 Å². The molecule has 0 bridgehead atoms. The van der Waals surface area contributed by atoms with E-state index in [0.717, 1.165) is 5.54 Å². The fraction of sp³-hybridized carbons (Fsp3) is 0.571. The van der Waals surface area contributed by atoms with Crippen LogP contribution in [0.15, 0.2) is 11.6 Å². The van der Waals surface area contributed by atoms with Crippen LogP contribution in [0.4, 0.5) is 0 Å². The van der Waals surface area contributed by atoms with Crippen LogP contribution in [0, 0.1) is 0 Å². The van der Waals surface area contributed by atoms with E-state index in [-0.39, 0.29) is 12.0 Å². The van der Waals surface area contributed by atoms with Crippen molar-refractivity contribution in [2.24, 2.45) is 0 Å². The molecule has 0 aromatic heterocycles. The molecule has 0 atom stereocenters. The molecule has 3 nitrogen and oxygen atoms in total. The molecule has 0 radical (unpaired) electrons. The summed E-state index contributed by atoms with van der Waals surface area (Å²) in [6, 6.07) is -0.168. The average molecular weight is 177 g/mol. The van der Waals surface area contributed by atoms with E-state index < -0.39 is 0 Å². The highest BCUT2D eigenvalue weighted by Crippen LogP contribution is 1.98. The van der Waals surface area contributed by atoms with Crippen molar-refractivity contribution >= 4 is 17.5 Å². The Labute approximate surface area is 72.0 Å². The molecule has 0 aliphatic carbocycles. The first-order valence-electron chi connectivity index (χ1n) is 3.89. The summed E-state index contributed by atoms with van der Waals surface area (Å²) in [6.45, 7) is 2.18. The Morgan fingerprint density at radius 1 is 1.64 bits per heavy atom. The second-order valence-electron chi connectivity index (χ2n) is 2.16. The zero-order valence-corrected chi connectivity index (χ0v) is 6.80. The third kappa shape index (κ3) is 2.52. The summed E-state index contributed by atoms with van der Waals surface area (Å²) in [6.07, 6.45) is 0. The number of morpholine rings is 1. The number of hydrogen-bond donors (Lipinski definition) is 0. The summed E-state index contributed by atoms with van der Waals surface area (Å²) < 4.78 is 12.2. The molecular weight excluding hydrogens is 166 g/mol. The highest BCUT2D eigenvalue weighted by molar-refractivity contribution is 6.26. The number of carbonyl (C=O) groups is 1. The third-order valence-corrected chi connectivity index (χ3v) is 1.59. The molecule has 1 aliphatic heterocycles. The van der Waals surface area contributed by atoms with Crippen molar-refractivity contribution in [1.29, 1.82) is 0 Å². The lowest BCUT2D eigenvalue weighted by Gasteiger charge is -2.25. The molecule has 1 rings (SSSR count). The number of ether oxygens (including phenoxy) is 1. The molecule has 0 unspecified atom stereocenters. The van der Waals surface area contributed by atoms with Gasteiger partial charge < -0.3 is 9.64 Å². The van der Waals surface area contributed by atoms with E-state index in [0.29, 0.717) is 26.3 Å². The first-order chi connectivity index (χ1) is 5.75. The third-order valence-electron chi connectivity index (χ3n) is 1.48. The fourth-order valence-electron chi connectivity index (χ4n) is 0.904. The second kappa shape index (κ2) is 4.36. The van der Waals surface area contributed by atoms with E-state index in [1.54, 1.807) is 4.90 Å². The number of carbonyl (C=O) groups excluding carboxylic acids is 1. The van der Waals surface area contributed by atoms with Gasteiger partial charge in [0.15, 0.2) is 0 Å². The van der Waals surface area contributed by atoms with Gasteiger partial charge in [0.1, 0.15) is 0 Å².